The second-order valence-corrected chi connectivity index (χ2v) is 8.55. The maximum Gasteiger partial charge on any atom is 0.235 e. The Kier molecular flexibility index (Phi) is 7.88. The molecule has 2 aromatic rings. The lowest BCUT2D eigenvalue weighted by Crippen LogP contribution is -2.45. The third-order valence-electron chi connectivity index (χ3n) is 5.15. The first-order valence-electron chi connectivity index (χ1n) is 9.65. The summed E-state index contributed by atoms with van der Waals surface area (Å²) < 4.78 is 16.3. The van der Waals surface area contributed by atoms with Crippen LogP contribution in [0.2, 0.25) is 15.1 Å². The molecule has 0 radical (unpaired) electrons. The van der Waals surface area contributed by atoms with E-state index in [9.17, 15) is 4.79 Å². The topological polar surface area (TPSA) is 56.8 Å². The third-order valence-corrected chi connectivity index (χ3v) is 5.99. The van der Waals surface area contributed by atoms with Gasteiger partial charge in [0, 0.05) is 36.1 Å². The highest BCUT2D eigenvalue weighted by Crippen LogP contribution is 2.41. The normalized spacial score (nSPS) is 16.7. The van der Waals surface area contributed by atoms with Gasteiger partial charge in [0.1, 0.15) is 11.9 Å². The van der Waals surface area contributed by atoms with E-state index in [0.29, 0.717) is 59.2 Å². The Morgan fingerprint density at radius 2 is 1.87 bits per heavy atom. The van der Waals surface area contributed by atoms with E-state index in [1.165, 1.54) is 0 Å². The number of rotatable bonds is 7. The van der Waals surface area contributed by atoms with Crippen LogP contribution in [0, 0.1) is 0 Å². The zero-order chi connectivity index (χ0) is 21.7. The molecule has 1 amide bonds. The summed E-state index contributed by atoms with van der Waals surface area (Å²) in [7, 11) is 1.61. The number of carbonyl (C=O) groups is 1. The quantitative estimate of drug-likeness (QED) is 0.557. The van der Waals surface area contributed by atoms with Gasteiger partial charge in [0.25, 0.3) is 0 Å². The summed E-state index contributed by atoms with van der Waals surface area (Å²) in [6.45, 7) is 3.27. The molecule has 0 saturated carbocycles. The minimum atomic E-state index is -0.811. The molecule has 2 aromatic carbocycles. The van der Waals surface area contributed by atoms with E-state index in [1.807, 2.05) is 13.0 Å². The molecule has 1 N–H and O–H groups in total. The lowest BCUT2D eigenvalue weighted by molar-refractivity contribution is -0.125. The van der Waals surface area contributed by atoms with Gasteiger partial charge < -0.3 is 19.5 Å². The predicted octanol–water partition coefficient (Wildman–Crippen LogP) is 5.75. The fourth-order valence-corrected chi connectivity index (χ4v) is 4.44. The smallest absolute Gasteiger partial charge is 0.235 e. The van der Waals surface area contributed by atoms with Gasteiger partial charge in [-0.05, 0) is 55.7 Å². The lowest BCUT2D eigenvalue weighted by Gasteiger charge is -2.36. The molecule has 3 rings (SSSR count). The van der Waals surface area contributed by atoms with Gasteiger partial charge in [-0.3, -0.25) is 4.79 Å². The van der Waals surface area contributed by atoms with Gasteiger partial charge in [-0.2, -0.15) is 0 Å². The van der Waals surface area contributed by atoms with Crippen LogP contribution in [0.25, 0.3) is 0 Å². The zero-order valence-electron chi connectivity index (χ0n) is 16.8. The first kappa shape index (κ1) is 23.2. The average molecular weight is 473 g/mol. The van der Waals surface area contributed by atoms with Crippen molar-refractivity contribution in [3.63, 3.8) is 0 Å². The van der Waals surface area contributed by atoms with Crippen LogP contribution >= 0.6 is 34.8 Å². The van der Waals surface area contributed by atoms with Crippen molar-refractivity contribution in [2.75, 3.05) is 32.2 Å². The molecular formula is C22H24Cl3NO4. The molecule has 0 aliphatic carbocycles. The van der Waals surface area contributed by atoms with Crippen LogP contribution in [0.4, 0.5) is 5.69 Å². The van der Waals surface area contributed by atoms with Crippen molar-refractivity contribution >= 4 is 46.4 Å². The van der Waals surface area contributed by atoms with Crippen LogP contribution in [-0.2, 0) is 19.7 Å². The van der Waals surface area contributed by atoms with Crippen LogP contribution in [0.15, 0.2) is 36.4 Å². The minimum Gasteiger partial charge on any atom is -0.487 e. The van der Waals surface area contributed by atoms with Gasteiger partial charge in [0.2, 0.25) is 5.91 Å². The van der Waals surface area contributed by atoms with Crippen LogP contribution in [0.5, 0.6) is 5.75 Å². The molecule has 162 valence electrons. The van der Waals surface area contributed by atoms with E-state index in [4.69, 9.17) is 49.0 Å². The maximum atomic E-state index is 13.4. The van der Waals surface area contributed by atoms with Crippen LogP contribution in [0.3, 0.4) is 0 Å². The summed E-state index contributed by atoms with van der Waals surface area (Å²) in [6, 6.07) is 10.4. The zero-order valence-corrected chi connectivity index (χ0v) is 19.1. The van der Waals surface area contributed by atoms with E-state index in [1.54, 1.807) is 37.4 Å². The highest BCUT2D eigenvalue weighted by atomic mass is 35.5. The molecule has 1 saturated heterocycles. The third kappa shape index (κ3) is 5.21. The number of nitrogens with one attached hydrogen (secondary N) is 1. The van der Waals surface area contributed by atoms with Crippen molar-refractivity contribution in [3.8, 4) is 5.75 Å². The Morgan fingerprint density at radius 1 is 1.13 bits per heavy atom. The standard InChI is InChI=1S/C22H24Cl3NO4/c1-14(13-28-2)30-20-6-4-16(12-19(20)25)26-21(27)22(7-9-29-10-8-22)17-5-3-15(23)11-18(17)24/h3-6,11-12,14H,7-10,13H2,1-2H3,(H,26,27)/t14-/m1/s1. The number of benzene rings is 2. The Hall–Kier alpha value is -1.50. The Bertz CT molecular complexity index is 900. The SMILES string of the molecule is COC[C@@H](C)Oc1ccc(NC(=O)C2(c3ccc(Cl)cc3Cl)CCOCC2)cc1Cl. The lowest BCUT2D eigenvalue weighted by atomic mass is 9.73. The molecule has 0 aromatic heterocycles. The molecule has 0 spiro atoms. The molecule has 0 unspecified atom stereocenters. The van der Waals surface area contributed by atoms with Gasteiger partial charge >= 0.3 is 0 Å². The minimum absolute atomic E-state index is 0.148. The van der Waals surface area contributed by atoms with Crippen LogP contribution in [0.1, 0.15) is 25.3 Å². The fourth-order valence-electron chi connectivity index (χ4n) is 3.63. The summed E-state index contributed by atoms with van der Waals surface area (Å²) in [5.41, 5.74) is 0.510. The Morgan fingerprint density at radius 3 is 2.50 bits per heavy atom. The predicted molar refractivity (Wildman–Crippen MR) is 120 cm³/mol. The van der Waals surface area contributed by atoms with Gasteiger partial charge in [0.15, 0.2) is 0 Å². The van der Waals surface area contributed by atoms with E-state index in [-0.39, 0.29) is 12.0 Å². The molecule has 1 aliphatic rings. The fraction of sp³-hybridized carbons (Fsp3) is 0.409. The number of ether oxygens (including phenoxy) is 3. The number of halogens is 3. The van der Waals surface area contributed by atoms with E-state index < -0.39 is 5.41 Å². The van der Waals surface area contributed by atoms with Crippen LogP contribution < -0.4 is 10.1 Å². The average Bonchev–Trinajstić information content (AvgIpc) is 2.70. The Balaban J connectivity index is 1.84. The van der Waals surface area contributed by atoms with E-state index in [0.717, 1.165) is 5.56 Å². The largest absolute Gasteiger partial charge is 0.487 e. The molecule has 30 heavy (non-hydrogen) atoms. The second kappa shape index (κ2) is 10.2. The van der Waals surface area contributed by atoms with E-state index >= 15 is 0 Å². The van der Waals surface area contributed by atoms with Crippen LogP contribution in [-0.4, -0.2) is 38.9 Å². The van der Waals surface area contributed by atoms with Crippen molar-refractivity contribution in [2.24, 2.45) is 0 Å². The number of anilines is 1. The van der Waals surface area contributed by atoms with E-state index in [2.05, 4.69) is 5.32 Å². The first-order valence-corrected chi connectivity index (χ1v) is 10.8. The summed E-state index contributed by atoms with van der Waals surface area (Å²) in [4.78, 5) is 13.4. The summed E-state index contributed by atoms with van der Waals surface area (Å²) in [5, 5.41) is 4.38. The molecule has 1 atom stereocenters. The Labute approximate surface area is 191 Å². The second-order valence-electron chi connectivity index (χ2n) is 7.30. The number of amides is 1. The van der Waals surface area contributed by atoms with Crippen molar-refractivity contribution in [1.82, 2.24) is 0 Å². The molecule has 5 nitrogen and oxygen atoms in total. The van der Waals surface area contributed by atoms with Crippen molar-refractivity contribution in [2.45, 2.75) is 31.3 Å². The van der Waals surface area contributed by atoms with Gasteiger partial charge in [0.05, 0.1) is 17.0 Å². The maximum absolute atomic E-state index is 13.4. The van der Waals surface area contributed by atoms with Gasteiger partial charge in [-0.25, -0.2) is 0 Å². The molecule has 1 heterocycles. The first-order chi connectivity index (χ1) is 14.4. The van der Waals surface area contributed by atoms with Gasteiger partial charge in [-0.15, -0.1) is 0 Å². The number of carbonyl (C=O) groups excluding carboxylic acids is 1. The molecule has 8 heteroatoms. The molecule has 0 bridgehead atoms. The highest BCUT2D eigenvalue weighted by Gasteiger charge is 2.43. The van der Waals surface area contributed by atoms with Crippen molar-refractivity contribution < 1.29 is 19.0 Å². The van der Waals surface area contributed by atoms with Gasteiger partial charge in [-0.1, -0.05) is 40.9 Å². The highest BCUT2D eigenvalue weighted by molar-refractivity contribution is 6.35. The summed E-state index contributed by atoms with van der Waals surface area (Å²) in [5.74, 6) is 0.369. The summed E-state index contributed by atoms with van der Waals surface area (Å²) >= 11 is 18.9. The summed E-state index contributed by atoms with van der Waals surface area (Å²) in [6.07, 6.45) is 0.887. The molecule has 1 aliphatic heterocycles. The van der Waals surface area contributed by atoms with Crippen molar-refractivity contribution in [3.05, 3.63) is 57.0 Å². The number of methoxy groups -OCH3 is 1. The van der Waals surface area contributed by atoms with Crippen molar-refractivity contribution in [1.29, 1.82) is 0 Å². The molecular weight excluding hydrogens is 449 g/mol. The number of hydrogen-bond donors (Lipinski definition) is 1. The molecule has 1 fully saturated rings. The monoisotopic (exact) mass is 471 g/mol. The number of hydrogen-bond acceptors (Lipinski definition) is 4.